The van der Waals surface area contributed by atoms with Crippen LogP contribution in [0, 0.1) is 5.92 Å². The van der Waals surface area contributed by atoms with Crippen LogP contribution >= 0.6 is 0 Å². The zero-order chi connectivity index (χ0) is 11.9. The first kappa shape index (κ1) is 13.4. The second-order valence-electron chi connectivity index (χ2n) is 6.06. The summed E-state index contributed by atoms with van der Waals surface area (Å²) >= 11 is 0. The highest BCUT2D eigenvalue weighted by Gasteiger charge is 2.23. The van der Waals surface area contributed by atoms with Crippen molar-refractivity contribution in [1.29, 1.82) is 0 Å². The molecule has 0 saturated heterocycles. The highest BCUT2D eigenvalue weighted by atomic mass is 16.3. The van der Waals surface area contributed by atoms with Gasteiger partial charge in [0.2, 0.25) is 0 Å². The summed E-state index contributed by atoms with van der Waals surface area (Å²) in [5.74, 6) is 0.522. The van der Waals surface area contributed by atoms with Gasteiger partial charge in [0.05, 0.1) is 6.10 Å². The predicted octanol–water partition coefficient (Wildman–Crippen LogP) is 3.24. The first-order valence-corrected chi connectivity index (χ1v) is 7.78. The summed E-state index contributed by atoms with van der Waals surface area (Å²) in [4.78, 5) is 0. The molecule has 0 bridgehead atoms. The van der Waals surface area contributed by atoms with Crippen molar-refractivity contribution in [2.45, 2.75) is 82.8 Å². The van der Waals surface area contributed by atoms with Gasteiger partial charge in [-0.15, -0.1) is 0 Å². The molecule has 2 unspecified atom stereocenters. The van der Waals surface area contributed by atoms with Crippen LogP contribution in [0.1, 0.15) is 70.6 Å². The minimum absolute atomic E-state index is 0.0372. The monoisotopic (exact) mass is 239 g/mol. The number of nitrogens with one attached hydrogen (secondary N) is 1. The van der Waals surface area contributed by atoms with E-state index >= 15 is 0 Å². The van der Waals surface area contributed by atoms with E-state index in [1.54, 1.807) is 0 Å². The van der Waals surface area contributed by atoms with E-state index in [9.17, 15) is 5.11 Å². The molecule has 2 atom stereocenters. The molecule has 2 N–H and O–H groups in total. The van der Waals surface area contributed by atoms with E-state index in [0.717, 1.165) is 19.0 Å². The average molecular weight is 239 g/mol. The largest absolute Gasteiger partial charge is 0.393 e. The highest BCUT2D eigenvalue weighted by molar-refractivity contribution is 4.78. The molecule has 2 aliphatic carbocycles. The Hall–Kier alpha value is -0.0800. The van der Waals surface area contributed by atoms with E-state index in [-0.39, 0.29) is 6.10 Å². The van der Waals surface area contributed by atoms with E-state index in [1.807, 2.05) is 0 Å². The van der Waals surface area contributed by atoms with Crippen molar-refractivity contribution in [2.75, 3.05) is 6.54 Å². The maximum atomic E-state index is 9.96. The molecule has 0 aromatic heterocycles. The summed E-state index contributed by atoms with van der Waals surface area (Å²) in [6.45, 7) is 1.05. The molecule has 0 amide bonds. The maximum absolute atomic E-state index is 9.96. The summed E-state index contributed by atoms with van der Waals surface area (Å²) in [5, 5.41) is 13.7. The molecule has 2 nitrogen and oxygen atoms in total. The van der Waals surface area contributed by atoms with Gasteiger partial charge in [0, 0.05) is 12.6 Å². The fourth-order valence-corrected chi connectivity index (χ4v) is 3.40. The third-order valence-corrected chi connectivity index (χ3v) is 4.64. The Labute approximate surface area is 106 Å². The number of aliphatic hydroxyl groups is 1. The summed E-state index contributed by atoms with van der Waals surface area (Å²) in [7, 11) is 0. The van der Waals surface area contributed by atoms with Crippen LogP contribution in [0.25, 0.3) is 0 Å². The molecule has 0 radical (unpaired) electrons. The molecule has 17 heavy (non-hydrogen) atoms. The van der Waals surface area contributed by atoms with Crippen LogP contribution in [0.2, 0.25) is 0 Å². The molecule has 100 valence electrons. The van der Waals surface area contributed by atoms with Crippen molar-refractivity contribution in [3.8, 4) is 0 Å². The first-order valence-electron chi connectivity index (χ1n) is 7.78. The van der Waals surface area contributed by atoms with Crippen molar-refractivity contribution in [3.05, 3.63) is 0 Å². The van der Waals surface area contributed by atoms with E-state index in [2.05, 4.69) is 5.32 Å². The Kier molecular flexibility index (Phi) is 5.79. The third kappa shape index (κ3) is 4.59. The van der Waals surface area contributed by atoms with Gasteiger partial charge in [-0.1, -0.05) is 44.9 Å². The molecule has 2 fully saturated rings. The van der Waals surface area contributed by atoms with Crippen LogP contribution in [0.5, 0.6) is 0 Å². The Morgan fingerprint density at radius 2 is 1.35 bits per heavy atom. The average Bonchev–Trinajstić information content (AvgIpc) is 2.29. The highest BCUT2D eigenvalue weighted by Crippen LogP contribution is 2.24. The fraction of sp³-hybridized carbons (Fsp3) is 1.00. The fourth-order valence-electron chi connectivity index (χ4n) is 3.40. The number of hydrogen-bond acceptors (Lipinski definition) is 2. The normalized spacial score (nSPS) is 33.0. The van der Waals surface area contributed by atoms with Gasteiger partial charge in [-0.25, -0.2) is 0 Å². The first-order chi connectivity index (χ1) is 8.36. The lowest BCUT2D eigenvalue weighted by Gasteiger charge is -2.30. The van der Waals surface area contributed by atoms with Gasteiger partial charge in [0.1, 0.15) is 0 Å². The van der Waals surface area contributed by atoms with Crippen molar-refractivity contribution < 1.29 is 5.11 Å². The molecule has 2 saturated carbocycles. The van der Waals surface area contributed by atoms with E-state index in [0.29, 0.717) is 5.92 Å². The number of hydrogen-bond donors (Lipinski definition) is 2. The Morgan fingerprint density at radius 3 is 2.06 bits per heavy atom. The molecular weight excluding hydrogens is 210 g/mol. The topological polar surface area (TPSA) is 32.3 Å². The predicted molar refractivity (Wildman–Crippen MR) is 72.1 cm³/mol. The van der Waals surface area contributed by atoms with Crippen LogP contribution < -0.4 is 5.32 Å². The maximum Gasteiger partial charge on any atom is 0.0580 e. The van der Waals surface area contributed by atoms with Gasteiger partial charge in [0.25, 0.3) is 0 Å². The molecular formula is C15H29NO. The lowest BCUT2D eigenvalue weighted by Crippen LogP contribution is -2.39. The lowest BCUT2D eigenvalue weighted by molar-refractivity contribution is 0.0675. The van der Waals surface area contributed by atoms with Gasteiger partial charge >= 0.3 is 0 Å². The van der Waals surface area contributed by atoms with E-state index in [4.69, 9.17) is 0 Å². The Morgan fingerprint density at radius 1 is 0.765 bits per heavy atom. The molecule has 0 aromatic carbocycles. The molecule has 0 heterocycles. The Balaban J connectivity index is 1.68. The van der Waals surface area contributed by atoms with Crippen molar-refractivity contribution in [3.63, 3.8) is 0 Å². The summed E-state index contributed by atoms with van der Waals surface area (Å²) in [5.41, 5.74) is 0. The minimum Gasteiger partial charge on any atom is -0.393 e. The van der Waals surface area contributed by atoms with Gasteiger partial charge < -0.3 is 10.4 Å². The zero-order valence-corrected chi connectivity index (χ0v) is 11.2. The van der Waals surface area contributed by atoms with E-state index < -0.39 is 0 Å². The van der Waals surface area contributed by atoms with Gasteiger partial charge in [-0.3, -0.25) is 0 Å². The van der Waals surface area contributed by atoms with Crippen molar-refractivity contribution >= 4 is 0 Å². The molecule has 2 rings (SSSR count). The standard InChI is InChI=1S/C15H29NO/c17-15-11-7-6-8-13(15)12-16-14-9-4-2-1-3-5-10-14/h13-17H,1-12H2. The van der Waals surface area contributed by atoms with Crippen LogP contribution in [0.3, 0.4) is 0 Å². The molecule has 2 aliphatic rings. The van der Waals surface area contributed by atoms with Gasteiger partial charge in [-0.2, -0.15) is 0 Å². The molecule has 0 aromatic rings. The summed E-state index contributed by atoms with van der Waals surface area (Å²) in [6, 6.07) is 0.726. The van der Waals surface area contributed by atoms with Crippen LogP contribution in [0.4, 0.5) is 0 Å². The van der Waals surface area contributed by atoms with Crippen molar-refractivity contribution in [2.24, 2.45) is 5.92 Å². The second-order valence-corrected chi connectivity index (χ2v) is 6.06. The minimum atomic E-state index is -0.0372. The number of rotatable bonds is 3. The van der Waals surface area contributed by atoms with Crippen LogP contribution in [-0.2, 0) is 0 Å². The summed E-state index contributed by atoms with van der Waals surface area (Å²) in [6.07, 6.45) is 14.5. The van der Waals surface area contributed by atoms with E-state index in [1.165, 1.54) is 64.2 Å². The quantitative estimate of drug-likeness (QED) is 0.792. The molecule has 2 heteroatoms. The zero-order valence-electron chi connectivity index (χ0n) is 11.2. The number of aliphatic hydroxyl groups excluding tert-OH is 1. The Bertz CT molecular complexity index is 199. The van der Waals surface area contributed by atoms with Crippen LogP contribution in [-0.4, -0.2) is 23.8 Å². The van der Waals surface area contributed by atoms with Gasteiger partial charge in [0.15, 0.2) is 0 Å². The van der Waals surface area contributed by atoms with Crippen LogP contribution in [0.15, 0.2) is 0 Å². The second kappa shape index (κ2) is 7.38. The smallest absolute Gasteiger partial charge is 0.0580 e. The third-order valence-electron chi connectivity index (χ3n) is 4.64. The summed E-state index contributed by atoms with van der Waals surface area (Å²) < 4.78 is 0. The van der Waals surface area contributed by atoms with Crippen molar-refractivity contribution in [1.82, 2.24) is 5.32 Å². The SMILES string of the molecule is OC1CCCCC1CNC1CCCCCCC1. The molecule has 0 spiro atoms. The van der Waals surface area contributed by atoms with Gasteiger partial charge in [-0.05, 0) is 31.6 Å². The lowest BCUT2D eigenvalue weighted by atomic mass is 9.86. The molecule has 0 aliphatic heterocycles.